The maximum atomic E-state index is 11.8. The molecule has 1 aliphatic heterocycles. The van der Waals surface area contributed by atoms with Crippen molar-refractivity contribution < 1.29 is 13.7 Å². The van der Waals surface area contributed by atoms with Crippen LogP contribution in [0.2, 0.25) is 0 Å². The zero-order valence-corrected chi connectivity index (χ0v) is 11.6. The molecule has 100 valence electrons. The van der Waals surface area contributed by atoms with Crippen LogP contribution in [0.15, 0.2) is 18.2 Å². The van der Waals surface area contributed by atoms with E-state index < -0.39 is 10.8 Å². The number of rotatable bonds is 6. The molecule has 5 heteroatoms. The van der Waals surface area contributed by atoms with Gasteiger partial charge in [0.1, 0.15) is 0 Å². The van der Waals surface area contributed by atoms with Crippen molar-refractivity contribution in [3.63, 3.8) is 0 Å². The number of fused-ring (bicyclic) bond motifs is 1. The van der Waals surface area contributed by atoms with Crippen LogP contribution in [-0.2, 0) is 10.8 Å². The zero-order valence-electron chi connectivity index (χ0n) is 10.8. The van der Waals surface area contributed by atoms with Crippen molar-refractivity contribution in [3.05, 3.63) is 23.8 Å². The van der Waals surface area contributed by atoms with Gasteiger partial charge >= 0.3 is 0 Å². The average Bonchev–Trinajstić information content (AvgIpc) is 2.83. The number of nitrogens with one attached hydrogen (secondary N) is 1. The summed E-state index contributed by atoms with van der Waals surface area (Å²) < 4.78 is 22.5. The first-order chi connectivity index (χ1) is 8.74. The van der Waals surface area contributed by atoms with E-state index in [2.05, 4.69) is 5.32 Å². The second-order valence-electron chi connectivity index (χ2n) is 4.26. The molecule has 0 aliphatic carbocycles. The fraction of sp³-hybridized carbons (Fsp3) is 0.538. The highest BCUT2D eigenvalue weighted by molar-refractivity contribution is 7.85. The van der Waals surface area contributed by atoms with E-state index in [1.165, 1.54) is 0 Å². The molecule has 0 saturated carbocycles. The van der Waals surface area contributed by atoms with E-state index >= 15 is 0 Å². The van der Waals surface area contributed by atoms with Crippen LogP contribution in [-0.4, -0.2) is 29.6 Å². The van der Waals surface area contributed by atoms with E-state index in [0.29, 0.717) is 5.75 Å². The van der Waals surface area contributed by atoms with Gasteiger partial charge in [-0.05, 0) is 31.2 Å². The minimum absolute atomic E-state index is 0.0897. The van der Waals surface area contributed by atoms with Gasteiger partial charge in [0, 0.05) is 28.3 Å². The molecule has 1 N–H and O–H groups in total. The summed E-state index contributed by atoms with van der Waals surface area (Å²) in [6.45, 7) is 2.33. The molecule has 0 amide bonds. The van der Waals surface area contributed by atoms with E-state index in [1.807, 2.05) is 32.2 Å². The summed E-state index contributed by atoms with van der Waals surface area (Å²) in [7, 11) is 1.10. The number of ether oxygens (including phenoxy) is 2. The summed E-state index contributed by atoms with van der Waals surface area (Å²) in [4.78, 5) is 0. The van der Waals surface area contributed by atoms with Gasteiger partial charge in [-0.15, -0.1) is 0 Å². The summed E-state index contributed by atoms with van der Waals surface area (Å²) >= 11 is 0. The van der Waals surface area contributed by atoms with E-state index in [4.69, 9.17) is 9.47 Å². The third-order valence-electron chi connectivity index (χ3n) is 2.93. The van der Waals surface area contributed by atoms with Crippen molar-refractivity contribution in [1.29, 1.82) is 0 Å². The molecule has 18 heavy (non-hydrogen) atoms. The molecule has 0 aromatic heterocycles. The largest absolute Gasteiger partial charge is 0.454 e. The van der Waals surface area contributed by atoms with Gasteiger partial charge in [0.15, 0.2) is 11.5 Å². The van der Waals surface area contributed by atoms with Crippen molar-refractivity contribution in [2.45, 2.75) is 19.4 Å². The molecule has 0 saturated heterocycles. The van der Waals surface area contributed by atoms with Gasteiger partial charge in [-0.3, -0.25) is 4.21 Å². The van der Waals surface area contributed by atoms with Crippen LogP contribution in [0.4, 0.5) is 0 Å². The molecule has 2 atom stereocenters. The minimum atomic E-state index is -0.783. The number of hydrogen-bond acceptors (Lipinski definition) is 4. The molecule has 1 heterocycles. The van der Waals surface area contributed by atoms with Gasteiger partial charge in [-0.2, -0.15) is 0 Å². The van der Waals surface area contributed by atoms with Gasteiger partial charge in [-0.1, -0.05) is 13.0 Å². The van der Waals surface area contributed by atoms with Crippen molar-refractivity contribution in [1.82, 2.24) is 5.32 Å². The molecule has 1 aliphatic rings. The zero-order chi connectivity index (χ0) is 13.0. The highest BCUT2D eigenvalue weighted by atomic mass is 32.2. The van der Waals surface area contributed by atoms with Crippen LogP contribution in [0.1, 0.15) is 24.9 Å². The molecule has 0 fully saturated rings. The first-order valence-electron chi connectivity index (χ1n) is 6.16. The van der Waals surface area contributed by atoms with E-state index in [9.17, 15) is 4.21 Å². The van der Waals surface area contributed by atoms with Gasteiger partial charge in [0.25, 0.3) is 0 Å². The first-order valence-corrected chi connectivity index (χ1v) is 7.65. The van der Waals surface area contributed by atoms with Crippen LogP contribution in [0.25, 0.3) is 0 Å². The monoisotopic (exact) mass is 269 g/mol. The molecule has 0 bridgehead atoms. The maximum absolute atomic E-state index is 11.8. The topological polar surface area (TPSA) is 47.6 Å². The fourth-order valence-electron chi connectivity index (χ4n) is 1.97. The number of hydrogen-bond donors (Lipinski definition) is 1. The third kappa shape index (κ3) is 3.03. The van der Waals surface area contributed by atoms with Crippen molar-refractivity contribution in [3.8, 4) is 11.5 Å². The van der Waals surface area contributed by atoms with Crippen molar-refractivity contribution >= 4 is 10.8 Å². The van der Waals surface area contributed by atoms with Crippen molar-refractivity contribution in [2.24, 2.45) is 0 Å². The highest BCUT2D eigenvalue weighted by Crippen LogP contribution is 2.34. The van der Waals surface area contributed by atoms with Gasteiger partial charge in [-0.25, -0.2) is 0 Å². The predicted octanol–water partition coefficient (Wildman–Crippen LogP) is 1.83. The summed E-state index contributed by atoms with van der Waals surface area (Å²) in [5.41, 5.74) is 1.09. The Hall–Kier alpha value is -1.07. The third-order valence-corrected chi connectivity index (χ3v) is 4.50. The summed E-state index contributed by atoms with van der Waals surface area (Å²) in [5.74, 6) is 2.93. The maximum Gasteiger partial charge on any atom is 0.231 e. The molecule has 2 rings (SSSR count). The lowest BCUT2D eigenvalue weighted by atomic mass is 10.1. The molecule has 1 aromatic carbocycles. The molecular weight excluding hydrogens is 250 g/mol. The standard InChI is InChI=1S/C13H19NO3S/c1-3-6-18(15)8-11(14-2)10-4-5-12-13(7-10)17-9-16-12/h4-5,7,11,14H,3,6,8-9H2,1-2H3. The predicted molar refractivity (Wildman–Crippen MR) is 72.5 cm³/mol. The first kappa shape index (κ1) is 13.4. The van der Waals surface area contributed by atoms with Crippen LogP contribution in [0.3, 0.4) is 0 Å². The second kappa shape index (κ2) is 6.20. The molecule has 0 radical (unpaired) electrons. The van der Waals surface area contributed by atoms with E-state index in [0.717, 1.165) is 29.2 Å². The smallest absolute Gasteiger partial charge is 0.231 e. The minimum Gasteiger partial charge on any atom is -0.454 e. The Labute approximate surface area is 110 Å². The van der Waals surface area contributed by atoms with Crippen molar-refractivity contribution in [2.75, 3.05) is 25.3 Å². The number of benzene rings is 1. The lowest BCUT2D eigenvalue weighted by Gasteiger charge is -2.16. The summed E-state index contributed by atoms with van der Waals surface area (Å²) in [5, 5.41) is 3.21. The molecule has 4 nitrogen and oxygen atoms in total. The normalized spacial score (nSPS) is 16.6. The summed E-state index contributed by atoms with van der Waals surface area (Å²) in [6.07, 6.45) is 0.949. The average molecular weight is 269 g/mol. The Kier molecular flexibility index (Phi) is 4.60. The lowest BCUT2D eigenvalue weighted by molar-refractivity contribution is 0.174. The molecule has 0 spiro atoms. The van der Waals surface area contributed by atoms with Gasteiger partial charge < -0.3 is 14.8 Å². The van der Waals surface area contributed by atoms with E-state index in [1.54, 1.807) is 0 Å². The van der Waals surface area contributed by atoms with Crippen LogP contribution in [0, 0.1) is 0 Å². The molecular formula is C13H19NO3S. The van der Waals surface area contributed by atoms with Gasteiger partial charge in [0.05, 0.1) is 0 Å². The highest BCUT2D eigenvalue weighted by Gasteiger charge is 2.18. The van der Waals surface area contributed by atoms with Crippen LogP contribution in [0.5, 0.6) is 11.5 Å². The Morgan fingerprint density at radius 2 is 2.17 bits per heavy atom. The quantitative estimate of drug-likeness (QED) is 0.856. The van der Waals surface area contributed by atoms with E-state index in [-0.39, 0.29) is 12.8 Å². The summed E-state index contributed by atoms with van der Waals surface area (Å²) in [6, 6.07) is 5.96. The van der Waals surface area contributed by atoms with Crippen LogP contribution >= 0.6 is 0 Å². The Morgan fingerprint density at radius 1 is 1.39 bits per heavy atom. The Morgan fingerprint density at radius 3 is 2.89 bits per heavy atom. The van der Waals surface area contributed by atoms with Gasteiger partial charge in [0.2, 0.25) is 6.79 Å². The Balaban J connectivity index is 2.10. The van der Waals surface area contributed by atoms with Crippen LogP contribution < -0.4 is 14.8 Å². The molecule has 1 aromatic rings. The SMILES string of the molecule is CCCS(=O)CC(NC)c1ccc2c(c1)OCO2. The fourth-order valence-corrected chi connectivity index (χ4v) is 3.33. The lowest BCUT2D eigenvalue weighted by Crippen LogP contribution is -2.23. The second-order valence-corrected chi connectivity index (χ2v) is 5.89. The molecule has 2 unspecified atom stereocenters. The Bertz CT molecular complexity index is 436.